The van der Waals surface area contributed by atoms with E-state index in [4.69, 9.17) is 0 Å². The van der Waals surface area contributed by atoms with Crippen molar-refractivity contribution in [1.82, 2.24) is 14.8 Å². The van der Waals surface area contributed by atoms with Gasteiger partial charge in [0, 0.05) is 17.8 Å². The van der Waals surface area contributed by atoms with Gasteiger partial charge < -0.3 is 9.88 Å². The van der Waals surface area contributed by atoms with E-state index in [1.165, 1.54) is 17.3 Å². The molecule has 0 fully saturated rings. The summed E-state index contributed by atoms with van der Waals surface area (Å²) in [4.78, 5) is 12.5. The summed E-state index contributed by atoms with van der Waals surface area (Å²) in [5, 5.41) is 12.2. The van der Waals surface area contributed by atoms with Crippen molar-refractivity contribution in [3.05, 3.63) is 60.2 Å². The molecule has 1 unspecified atom stereocenters. The van der Waals surface area contributed by atoms with Crippen molar-refractivity contribution in [2.24, 2.45) is 0 Å². The fourth-order valence-corrected chi connectivity index (χ4v) is 3.88. The number of para-hydroxylation sites is 1. The van der Waals surface area contributed by atoms with Gasteiger partial charge in [0.1, 0.15) is 0 Å². The number of carbonyl (C=O) groups excluding carboxylic acids is 1. The summed E-state index contributed by atoms with van der Waals surface area (Å²) in [5.41, 5.74) is 3.21. The molecule has 1 aromatic heterocycles. The maximum absolute atomic E-state index is 12.5. The van der Waals surface area contributed by atoms with Crippen LogP contribution in [-0.2, 0) is 16.8 Å². The number of benzene rings is 2. The lowest BCUT2D eigenvalue weighted by molar-refractivity contribution is -0.115. The van der Waals surface area contributed by atoms with Crippen molar-refractivity contribution in [2.45, 2.75) is 57.0 Å². The Bertz CT molecular complexity index is 959. The lowest BCUT2D eigenvalue weighted by atomic mass is 9.87. The van der Waals surface area contributed by atoms with Crippen molar-refractivity contribution in [2.75, 3.05) is 5.32 Å². The molecule has 0 aliphatic carbocycles. The fraction of sp³-hybridized carbons (Fsp3) is 0.348. The first-order chi connectivity index (χ1) is 13.8. The van der Waals surface area contributed by atoms with Crippen molar-refractivity contribution in [1.29, 1.82) is 0 Å². The summed E-state index contributed by atoms with van der Waals surface area (Å²) in [6.07, 6.45) is 0. The van der Waals surface area contributed by atoms with Crippen LogP contribution in [0.2, 0.25) is 0 Å². The van der Waals surface area contributed by atoms with Crippen molar-refractivity contribution in [3.8, 4) is 11.4 Å². The van der Waals surface area contributed by atoms with Gasteiger partial charge in [-0.15, -0.1) is 10.2 Å². The van der Waals surface area contributed by atoms with Crippen LogP contribution in [0.1, 0.15) is 40.2 Å². The Balaban J connectivity index is 1.76. The number of thioether (sulfide) groups is 1. The topological polar surface area (TPSA) is 59.8 Å². The molecule has 0 aliphatic heterocycles. The second kappa shape index (κ2) is 8.82. The molecule has 1 N–H and O–H groups in total. The molecule has 0 saturated carbocycles. The average molecular weight is 409 g/mol. The Kier molecular flexibility index (Phi) is 6.42. The zero-order chi connectivity index (χ0) is 21.0. The van der Waals surface area contributed by atoms with E-state index in [2.05, 4.69) is 72.0 Å². The lowest BCUT2D eigenvalue weighted by Gasteiger charge is -2.19. The molecule has 0 bridgehead atoms. The van der Waals surface area contributed by atoms with E-state index in [0.29, 0.717) is 0 Å². The SMILES string of the molecule is CCn1c(SC(C)C(=O)Nc2ccccc2)nnc1-c1ccc(C(C)(C)C)cc1. The van der Waals surface area contributed by atoms with E-state index in [0.717, 1.165) is 28.8 Å². The highest BCUT2D eigenvalue weighted by Gasteiger charge is 2.21. The normalized spacial score (nSPS) is 12.6. The first-order valence-electron chi connectivity index (χ1n) is 9.86. The van der Waals surface area contributed by atoms with Crippen LogP contribution in [0.3, 0.4) is 0 Å². The Morgan fingerprint density at radius 1 is 1.07 bits per heavy atom. The second-order valence-corrected chi connectivity index (χ2v) is 9.30. The number of aromatic nitrogens is 3. The van der Waals surface area contributed by atoms with Crippen molar-refractivity contribution >= 4 is 23.4 Å². The molecule has 3 aromatic rings. The summed E-state index contributed by atoms with van der Waals surface area (Å²) in [6, 6.07) is 18.0. The minimum absolute atomic E-state index is 0.0528. The average Bonchev–Trinajstić information content (AvgIpc) is 3.10. The Hall–Kier alpha value is -2.60. The van der Waals surface area contributed by atoms with E-state index in [1.807, 2.05) is 37.3 Å². The standard InChI is InChI=1S/C23H28N4OS/c1-6-27-20(17-12-14-18(15-13-17)23(3,4)5)25-26-22(27)29-16(2)21(28)24-19-10-8-7-9-11-19/h7-16H,6H2,1-5H3,(H,24,28). The molecular formula is C23H28N4OS. The van der Waals surface area contributed by atoms with Gasteiger partial charge in [0.2, 0.25) is 5.91 Å². The molecule has 0 aliphatic rings. The Morgan fingerprint density at radius 3 is 2.31 bits per heavy atom. The molecule has 29 heavy (non-hydrogen) atoms. The van der Waals surface area contributed by atoms with Gasteiger partial charge in [-0.2, -0.15) is 0 Å². The predicted octanol–water partition coefficient (Wildman–Crippen LogP) is 5.38. The second-order valence-electron chi connectivity index (χ2n) is 7.99. The lowest BCUT2D eigenvalue weighted by Crippen LogP contribution is -2.22. The number of hydrogen-bond acceptors (Lipinski definition) is 4. The molecule has 5 nitrogen and oxygen atoms in total. The van der Waals surface area contributed by atoms with Crippen LogP contribution in [0, 0.1) is 0 Å². The van der Waals surface area contributed by atoms with Crippen molar-refractivity contribution in [3.63, 3.8) is 0 Å². The zero-order valence-corrected chi connectivity index (χ0v) is 18.5. The van der Waals surface area contributed by atoms with Crippen LogP contribution in [0.25, 0.3) is 11.4 Å². The van der Waals surface area contributed by atoms with Gasteiger partial charge in [0.25, 0.3) is 0 Å². The summed E-state index contributed by atoms with van der Waals surface area (Å²) >= 11 is 1.42. The predicted molar refractivity (Wildman–Crippen MR) is 120 cm³/mol. The Morgan fingerprint density at radius 2 is 1.72 bits per heavy atom. The number of nitrogens with one attached hydrogen (secondary N) is 1. The molecule has 2 aromatic carbocycles. The maximum atomic E-state index is 12.5. The third-order valence-corrected chi connectivity index (χ3v) is 5.82. The third-order valence-electron chi connectivity index (χ3n) is 4.73. The Labute approximate surface area is 176 Å². The summed E-state index contributed by atoms with van der Waals surface area (Å²) in [5.74, 6) is 0.772. The molecule has 152 valence electrons. The number of amides is 1. The summed E-state index contributed by atoms with van der Waals surface area (Å²) in [7, 11) is 0. The molecule has 0 saturated heterocycles. The summed E-state index contributed by atoms with van der Waals surface area (Å²) < 4.78 is 2.06. The van der Waals surface area contributed by atoms with Crippen LogP contribution >= 0.6 is 11.8 Å². The first-order valence-corrected chi connectivity index (χ1v) is 10.7. The molecule has 1 atom stereocenters. The highest BCUT2D eigenvalue weighted by Crippen LogP contribution is 2.29. The number of hydrogen-bond donors (Lipinski definition) is 1. The van der Waals surface area contributed by atoms with Crippen LogP contribution in [0.4, 0.5) is 5.69 Å². The third kappa shape index (κ3) is 5.07. The minimum Gasteiger partial charge on any atom is -0.325 e. The van der Waals surface area contributed by atoms with Crippen LogP contribution in [0.5, 0.6) is 0 Å². The van der Waals surface area contributed by atoms with E-state index in [9.17, 15) is 4.79 Å². The van der Waals surface area contributed by atoms with E-state index >= 15 is 0 Å². The van der Waals surface area contributed by atoms with Gasteiger partial charge >= 0.3 is 0 Å². The molecule has 0 spiro atoms. The molecule has 3 rings (SSSR count). The highest BCUT2D eigenvalue weighted by atomic mass is 32.2. The number of anilines is 1. The van der Waals surface area contributed by atoms with Crippen LogP contribution in [-0.4, -0.2) is 25.9 Å². The maximum Gasteiger partial charge on any atom is 0.237 e. The number of rotatable bonds is 6. The summed E-state index contributed by atoms with van der Waals surface area (Å²) in [6.45, 7) is 11.3. The molecule has 6 heteroatoms. The fourth-order valence-electron chi connectivity index (χ4n) is 2.97. The highest BCUT2D eigenvalue weighted by molar-refractivity contribution is 8.00. The minimum atomic E-state index is -0.291. The largest absolute Gasteiger partial charge is 0.325 e. The molecule has 1 amide bonds. The molecular weight excluding hydrogens is 380 g/mol. The van der Waals surface area contributed by atoms with Gasteiger partial charge in [0.05, 0.1) is 5.25 Å². The van der Waals surface area contributed by atoms with E-state index in [1.54, 1.807) is 0 Å². The smallest absolute Gasteiger partial charge is 0.237 e. The van der Waals surface area contributed by atoms with Gasteiger partial charge in [0.15, 0.2) is 11.0 Å². The van der Waals surface area contributed by atoms with E-state index < -0.39 is 0 Å². The van der Waals surface area contributed by atoms with Gasteiger partial charge in [-0.25, -0.2) is 0 Å². The van der Waals surface area contributed by atoms with Gasteiger partial charge in [-0.05, 0) is 37.0 Å². The molecule has 1 heterocycles. The quantitative estimate of drug-likeness (QED) is 0.556. The number of nitrogens with zero attached hydrogens (tertiary/aromatic N) is 3. The van der Waals surface area contributed by atoms with Crippen LogP contribution in [0.15, 0.2) is 59.8 Å². The monoisotopic (exact) mass is 408 g/mol. The van der Waals surface area contributed by atoms with Crippen LogP contribution < -0.4 is 5.32 Å². The van der Waals surface area contributed by atoms with Crippen molar-refractivity contribution < 1.29 is 4.79 Å². The van der Waals surface area contributed by atoms with E-state index in [-0.39, 0.29) is 16.6 Å². The molecule has 0 radical (unpaired) electrons. The first kappa shape index (κ1) is 21.1. The van der Waals surface area contributed by atoms with Gasteiger partial charge in [-0.3, -0.25) is 4.79 Å². The van der Waals surface area contributed by atoms with Gasteiger partial charge in [-0.1, -0.05) is 75.0 Å². The zero-order valence-electron chi connectivity index (χ0n) is 17.6. The number of carbonyl (C=O) groups is 1.